The molecule has 0 unspecified atom stereocenters. The number of hydrogen-bond acceptors (Lipinski definition) is 4. The number of nitrogens with one attached hydrogen (secondary N) is 1. The molecule has 0 bridgehead atoms. The summed E-state index contributed by atoms with van der Waals surface area (Å²) < 4.78 is 29.1. The summed E-state index contributed by atoms with van der Waals surface area (Å²) in [6.07, 6.45) is 1.69. The van der Waals surface area contributed by atoms with Crippen LogP contribution in [-0.2, 0) is 26.2 Å². The maximum atomic E-state index is 14.1. The van der Waals surface area contributed by atoms with E-state index in [0.29, 0.717) is 27.8 Å². The van der Waals surface area contributed by atoms with Crippen molar-refractivity contribution in [3.63, 3.8) is 0 Å². The molecule has 7 nitrogen and oxygen atoms in total. The maximum absolute atomic E-state index is 14.1. The molecule has 10 heteroatoms. The summed E-state index contributed by atoms with van der Waals surface area (Å²) in [6, 6.07) is 15.9. The Bertz CT molecular complexity index is 1450. The van der Waals surface area contributed by atoms with Crippen LogP contribution in [0.5, 0.6) is 0 Å². The fourth-order valence-electron chi connectivity index (χ4n) is 4.43. The molecule has 3 rings (SSSR count). The Hall–Kier alpha value is -3.07. The minimum absolute atomic E-state index is 0.0566. The van der Waals surface area contributed by atoms with Crippen LogP contribution in [0, 0.1) is 20.8 Å². The van der Waals surface area contributed by atoms with Crippen LogP contribution < -0.4 is 9.62 Å². The first-order chi connectivity index (χ1) is 19.3. The van der Waals surface area contributed by atoms with Crippen molar-refractivity contribution >= 4 is 50.7 Å². The summed E-state index contributed by atoms with van der Waals surface area (Å²) in [5.74, 6) is -0.928. The van der Waals surface area contributed by atoms with Crippen molar-refractivity contribution in [2.75, 3.05) is 17.4 Å². The molecular weight excluding hydrogens is 581 g/mol. The van der Waals surface area contributed by atoms with Gasteiger partial charge in [-0.3, -0.25) is 13.9 Å². The second-order valence-corrected chi connectivity index (χ2v) is 12.9. The molecule has 0 saturated heterocycles. The van der Waals surface area contributed by atoms with E-state index in [0.717, 1.165) is 33.8 Å². The van der Waals surface area contributed by atoms with E-state index in [1.54, 1.807) is 49.4 Å². The monoisotopic (exact) mass is 617 g/mol. The van der Waals surface area contributed by atoms with Crippen molar-refractivity contribution < 1.29 is 18.0 Å². The first-order valence-corrected chi connectivity index (χ1v) is 15.7. The fourth-order valence-corrected chi connectivity index (χ4v) is 6.35. The molecule has 0 saturated carbocycles. The number of aryl methyl sites for hydroxylation is 3. The zero-order valence-electron chi connectivity index (χ0n) is 24.1. The molecule has 2 amide bonds. The van der Waals surface area contributed by atoms with Crippen molar-refractivity contribution in [1.29, 1.82) is 0 Å². The molecule has 41 heavy (non-hydrogen) atoms. The van der Waals surface area contributed by atoms with Gasteiger partial charge in [-0.05, 0) is 81.6 Å². The van der Waals surface area contributed by atoms with Gasteiger partial charge in [0.05, 0.1) is 10.6 Å². The van der Waals surface area contributed by atoms with Crippen LogP contribution in [0.3, 0.4) is 0 Å². The van der Waals surface area contributed by atoms with Crippen LogP contribution in [0.25, 0.3) is 0 Å². The number of anilines is 1. The molecule has 0 heterocycles. The van der Waals surface area contributed by atoms with E-state index < -0.39 is 28.5 Å². The number of carbonyl (C=O) groups is 2. The van der Waals surface area contributed by atoms with E-state index in [1.165, 1.54) is 17.0 Å². The van der Waals surface area contributed by atoms with Crippen molar-refractivity contribution in [2.24, 2.45) is 0 Å². The van der Waals surface area contributed by atoms with Crippen LogP contribution in [0.15, 0.2) is 65.6 Å². The third-order valence-corrected chi connectivity index (χ3v) is 9.27. The number of halogens is 2. The van der Waals surface area contributed by atoms with Gasteiger partial charge in [-0.2, -0.15) is 0 Å². The van der Waals surface area contributed by atoms with Gasteiger partial charge in [0.15, 0.2) is 0 Å². The van der Waals surface area contributed by atoms with E-state index in [9.17, 15) is 18.0 Å². The van der Waals surface area contributed by atoms with Crippen LogP contribution in [-0.4, -0.2) is 44.3 Å². The Labute approximate surface area is 253 Å². The second-order valence-electron chi connectivity index (χ2n) is 10.2. The lowest BCUT2D eigenvalue weighted by Gasteiger charge is -2.32. The lowest BCUT2D eigenvalue weighted by Crippen LogP contribution is -2.51. The Kier molecular flexibility index (Phi) is 11.2. The Morgan fingerprint density at radius 2 is 1.49 bits per heavy atom. The van der Waals surface area contributed by atoms with Crippen molar-refractivity contribution in [3.05, 3.63) is 93.0 Å². The molecule has 0 aliphatic heterocycles. The van der Waals surface area contributed by atoms with Crippen LogP contribution in [0.4, 0.5) is 5.69 Å². The molecule has 220 valence electrons. The van der Waals surface area contributed by atoms with Gasteiger partial charge in [0, 0.05) is 28.7 Å². The lowest BCUT2D eigenvalue weighted by atomic mass is 10.1. The standard InChI is InChI=1S/C31H37Cl2N3O4S/c1-6-7-15-34-31(38)24(5)35(19-27-28(32)9-8-10-29(27)33)30(37)20-36(25-17-22(3)16-23(4)18-25)41(39,40)26-13-11-21(2)12-14-26/h8-14,16-18,24H,6-7,15,19-20H2,1-5H3,(H,34,38)/t24-/m0/s1. The highest BCUT2D eigenvalue weighted by molar-refractivity contribution is 7.92. The molecule has 3 aromatic rings. The van der Waals surface area contributed by atoms with Crippen LogP contribution in [0.1, 0.15) is 48.9 Å². The van der Waals surface area contributed by atoms with Crippen molar-refractivity contribution in [2.45, 2.75) is 64.9 Å². The van der Waals surface area contributed by atoms with Gasteiger partial charge in [-0.15, -0.1) is 0 Å². The number of nitrogens with zero attached hydrogens (tertiary/aromatic N) is 2. The summed E-state index contributed by atoms with van der Waals surface area (Å²) in [5.41, 5.74) is 3.42. The number of rotatable bonds is 12. The normalized spacial score (nSPS) is 12.1. The topological polar surface area (TPSA) is 86.8 Å². The van der Waals surface area contributed by atoms with Gasteiger partial charge < -0.3 is 10.2 Å². The summed E-state index contributed by atoms with van der Waals surface area (Å²) in [6.45, 7) is 9.07. The number of carbonyl (C=O) groups excluding carboxylic acids is 2. The molecule has 1 atom stereocenters. The predicted octanol–water partition coefficient (Wildman–Crippen LogP) is 6.45. The van der Waals surface area contributed by atoms with Gasteiger partial charge >= 0.3 is 0 Å². The molecular formula is C31H37Cl2N3O4S. The van der Waals surface area contributed by atoms with E-state index in [-0.39, 0.29) is 17.3 Å². The highest BCUT2D eigenvalue weighted by atomic mass is 35.5. The quantitative estimate of drug-likeness (QED) is 0.237. The van der Waals surface area contributed by atoms with E-state index in [1.807, 2.05) is 33.8 Å². The summed E-state index contributed by atoms with van der Waals surface area (Å²) >= 11 is 12.9. The van der Waals surface area contributed by atoms with Crippen molar-refractivity contribution in [1.82, 2.24) is 10.2 Å². The molecule has 0 radical (unpaired) electrons. The van der Waals surface area contributed by atoms with E-state index >= 15 is 0 Å². The molecule has 0 fully saturated rings. The SMILES string of the molecule is CCCCNC(=O)[C@H](C)N(Cc1c(Cl)cccc1Cl)C(=O)CN(c1cc(C)cc(C)c1)S(=O)(=O)c1ccc(C)cc1. The van der Waals surface area contributed by atoms with E-state index in [4.69, 9.17) is 23.2 Å². The zero-order valence-corrected chi connectivity index (χ0v) is 26.4. The summed E-state index contributed by atoms with van der Waals surface area (Å²) in [4.78, 5) is 28.6. The average Bonchev–Trinajstić information content (AvgIpc) is 2.90. The summed E-state index contributed by atoms with van der Waals surface area (Å²) in [7, 11) is -4.15. The molecule has 0 aliphatic carbocycles. The van der Waals surface area contributed by atoms with Gasteiger partial charge in [0.1, 0.15) is 12.6 Å². The highest BCUT2D eigenvalue weighted by Crippen LogP contribution is 2.29. The minimum atomic E-state index is -4.15. The zero-order chi connectivity index (χ0) is 30.3. The highest BCUT2D eigenvalue weighted by Gasteiger charge is 2.33. The number of amides is 2. The maximum Gasteiger partial charge on any atom is 0.264 e. The third kappa shape index (κ3) is 8.24. The molecule has 0 spiro atoms. The first-order valence-electron chi connectivity index (χ1n) is 13.5. The molecule has 0 aliphatic rings. The van der Waals surface area contributed by atoms with Gasteiger partial charge in [-0.25, -0.2) is 8.42 Å². The van der Waals surface area contributed by atoms with Crippen LogP contribution in [0.2, 0.25) is 10.0 Å². The number of unbranched alkanes of at least 4 members (excludes halogenated alkanes) is 1. The van der Waals surface area contributed by atoms with E-state index in [2.05, 4.69) is 5.32 Å². The Morgan fingerprint density at radius 3 is 2.05 bits per heavy atom. The minimum Gasteiger partial charge on any atom is -0.354 e. The first kappa shape index (κ1) is 32.4. The molecule has 1 N–H and O–H groups in total. The third-order valence-electron chi connectivity index (χ3n) is 6.77. The molecule has 0 aromatic heterocycles. The molecule has 3 aromatic carbocycles. The second kappa shape index (κ2) is 14.2. The Balaban J connectivity index is 2.07. The lowest BCUT2D eigenvalue weighted by molar-refractivity contribution is -0.139. The van der Waals surface area contributed by atoms with Gasteiger partial charge in [0.2, 0.25) is 11.8 Å². The largest absolute Gasteiger partial charge is 0.354 e. The fraction of sp³-hybridized carbons (Fsp3) is 0.355. The van der Waals surface area contributed by atoms with Crippen LogP contribution >= 0.6 is 23.2 Å². The number of sulfonamides is 1. The Morgan fingerprint density at radius 1 is 0.902 bits per heavy atom. The summed E-state index contributed by atoms with van der Waals surface area (Å²) in [5, 5.41) is 3.54. The number of benzene rings is 3. The van der Waals surface area contributed by atoms with Gasteiger partial charge in [-0.1, -0.05) is 66.4 Å². The predicted molar refractivity (Wildman–Crippen MR) is 166 cm³/mol. The average molecular weight is 619 g/mol. The number of hydrogen-bond donors (Lipinski definition) is 1. The van der Waals surface area contributed by atoms with Crippen molar-refractivity contribution in [3.8, 4) is 0 Å². The van der Waals surface area contributed by atoms with Gasteiger partial charge in [0.25, 0.3) is 10.0 Å². The smallest absolute Gasteiger partial charge is 0.264 e.